The van der Waals surface area contributed by atoms with E-state index in [2.05, 4.69) is 5.32 Å². The molecule has 3 aromatic rings. The molecule has 4 nitrogen and oxygen atoms in total. The van der Waals surface area contributed by atoms with Gasteiger partial charge < -0.3 is 10.2 Å². The van der Waals surface area contributed by atoms with E-state index in [-0.39, 0.29) is 18.4 Å². The van der Waals surface area contributed by atoms with Crippen molar-refractivity contribution in [3.8, 4) is 0 Å². The molecule has 0 saturated carbocycles. The van der Waals surface area contributed by atoms with E-state index in [0.717, 1.165) is 5.56 Å². The molecular formula is C20H15FN2O2S. The number of rotatable bonds is 2. The summed E-state index contributed by atoms with van der Waals surface area (Å²) in [4.78, 5) is 27.5. The molecular weight excluding hydrogens is 351 g/mol. The number of fused-ring (bicyclic) bond motifs is 1. The Morgan fingerprint density at radius 2 is 1.92 bits per heavy atom. The fourth-order valence-electron chi connectivity index (χ4n) is 3.20. The summed E-state index contributed by atoms with van der Waals surface area (Å²) >= 11 is 1.32. The number of thiophene rings is 1. The average molecular weight is 366 g/mol. The largest absolute Gasteiger partial charge is 0.324 e. The Balaban J connectivity index is 1.90. The molecule has 0 saturated heterocycles. The van der Waals surface area contributed by atoms with Gasteiger partial charge >= 0.3 is 0 Å². The molecule has 1 aromatic heterocycles. The lowest BCUT2D eigenvalue weighted by Crippen LogP contribution is -2.38. The summed E-state index contributed by atoms with van der Waals surface area (Å²) in [7, 11) is 0. The molecule has 1 atom stereocenters. The van der Waals surface area contributed by atoms with Crippen molar-refractivity contribution in [1.29, 1.82) is 0 Å². The zero-order chi connectivity index (χ0) is 18.1. The van der Waals surface area contributed by atoms with Gasteiger partial charge in [-0.15, -0.1) is 11.3 Å². The molecule has 0 radical (unpaired) electrons. The Morgan fingerprint density at radius 1 is 1.12 bits per heavy atom. The van der Waals surface area contributed by atoms with Crippen LogP contribution in [0.15, 0.2) is 66.0 Å². The minimum atomic E-state index is -0.560. The Morgan fingerprint density at radius 3 is 2.65 bits per heavy atom. The highest BCUT2D eigenvalue weighted by Crippen LogP contribution is 2.37. The Bertz CT molecular complexity index is 957. The normalized spacial score (nSPS) is 16.6. The van der Waals surface area contributed by atoms with Crippen LogP contribution in [0.1, 0.15) is 26.8 Å². The van der Waals surface area contributed by atoms with E-state index in [1.165, 1.54) is 34.4 Å². The molecule has 1 aliphatic heterocycles. The van der Waals surface area contributed by atoms with Crippen LogP contribution >= 0.6 is 11.3 Å². The van der Waals surface area contributed by atoms with E-state index in [0.29, 0.717) is 16.1 Å². The molecule has 0 aliphatic carbocycles. The van der Waals surface area contributed by atoms with Crippen LogP contribution in [0.3, 0.4) is 0 Å². The highest BCUT2D eigenvalue weighted by Gasteiger charge is 2.34. The summed E-state index contributed by atoms with van der Waals surface area (Å²) in [6.45, 7) is -0.105. The fourth-order valence-corrected chi connectivity index (χ4v) is 3.88. The fraction of sp³-hybridized carbons (Fsp3) is 0.100. The average Bonchev–Trinajstić information content (AvgIpc) is 3.13. The van der Waals surface area contributed by atoms with Crippen molar-refractivity contribution in [3.63, 3.8) is 0 Å². The van der Waals surface area contributed by atoms with Crippen molar-refractivity contribution in [2.75, 3.05) is 11.9 Å². The van der Waals surface area contributed by atoms with Crippen LogP contribution in [0, 0.1) is 5.82 Å². The number of nitrogens with one attached hydrogen (secondary N) is 1. The van der Waals surface area contributed by atoms with Gasteiger partial charge in [0.05, 0.1) is 10.9 Å². The van der Waals surface area contributed by atoms with Gasteiger partial charge in [-0.2, -0.15) is 0 Å². The molecule has 130 valence electrons. The van der Waals surface area contributed by atoms with Crippen LogP contribution < -0.4 is 5.32 Å². The monoisotopic (exact) mass is 366 g/mol. The van der Waals surface area contributed by atoms with E-state index in [9.17, 15) is 14.0 Å². The minimum Gasteiger partial charge on any atom is -0.324 e. The van der Waals surface area contributed by atoms with E-state index in [4.69, 9.17) is 0 Å². The molecule has 0 unspecified atom stereocenters. The molecule has 2 aromatic carbocycles. The van der Waals surface area contributed by atoms with Crippen LogP contribution in [0.5, 0.6) is 0 Å². The summed E-state index contributed by atoms with van der Waals surface area (Å²) < 4.78 is 14.0. The third kappa shape index (κ3) is 2.99. The summed E-state index contributed by atoms with van der Waals surface area (Å²) in [5.41, 5.74) is 1.90. The van der Waals surface area contributed by atoms with Crippen molar-refractivity contribution in [2.45, 2.75) is 6.04 Å². The zero-order valence-electron chi connectivity index (χ0n) is 13.7. The van der Waals surface area contributed by atoms with E-state index in [1.54, 1.807) is 12.1 Å². The van der Waals surface area contributed by atoms with Gasteiger partial charge in [0, 0.05) is 11.3 Å². The predicted octanol–water partition coefficient (Wildman–Crippen LogP) is 4.07. The molecule has 2 heterocycles. The SMILES string of the molecule is O=C1CN(C(=O)c2cccs2)[C@@H](c2ccccc2)c2cc(F)ccc2N1. The summed E-state index contributed by atoms with van der Waals surface area (Å²) in [6, 6.07) is 16.5. The predicted molar refractivity (Wildman–Crippen MR) is 98.7 cm³/mol. The summed E-state index contributed by atoms with van der Waals surface area (Å²) in [6.07, 6.45) is 0. The number of carbonyl (C=O) groups excluding carboxylic acids is 2. The molecule has 26 heavy (non-hydrogen) atoms. The lowest BCUT2D eigenvalue weighted by atomic mass is 9.95. The zero-order valence-corrected chi connectivity index (χ0v) is 14.5. The van der Waals surface area contributed by atoms with Gasteiger partial charge in [-0.05, 0) is 35.2 Å². The van der Waals surface area contributed by atoms with Crippen molar-refractivity contribution >= 4 is 28.8 Å². The molecule has 0 fully saturated rings. The molecule has 2 amide bonds. The maximum atomic E-state index is 14.0. The van der Waals surface area contributed by atoms with Crippen molar-refractivity contribution in [1.82, 2.24) is 4.90 Å². The van der Waals surface area contributed by atoms with E-state index >= 15 is 0 Å². The first-order valence-corrected chi connectivity index (χ1v) is 9.00. The molecule has 4 rings (SSSR count). The third-order valence-corrected chi connectivity index (χ3v) is 5.17. The Hall–Kier alpha value is -2.99. The molecule has 0 bridgehead atoms. The second kappa shape index (κ2) is 6.72. The van der Waals surface area contributed by atoms with Crippen molar-refractivity contribution in [3.05, 3.63) is 87.9 Å². The van der Waals surface area contributed by atoms with Crippen LogP contribution in [-0.4, -0.2) is 23.3 Å². The lowest BCUT2D eigenvalue weighted by molar-refractivity contribution is -0.117. The van der Waals surface area contributed by atoms with Gasteiger partial charge in [0.15, 0.2) is 0 Å². The van der Waals surface area contributed by atoms with Crippen LogP contribution in [0.4, 0.5) is 10.1 Å². The second-order valence-corrected chi connectivity index (χ2v) is 6.95. The van der Waals surface area contributed by atoms with Crippen LogP contribution in [0.25, 0.3) is 0 Å². The molecule has 1 N–H and O–H groups in total. The number of hydrogen-bond donors (Lipinski definition) is 1. The number of anilines is 1. The van der Waals surface area contributed by atoms with Gasteiger partial charge in [0.2, 0.25) is 5.91 Å². The van der Waals surface area contributed by atoms with Gasteiger partial charge in [-0.1, -0.05) is 36.4 Å². The molecule has 1 aliphatic rings. The quantitative estimate of drug-likeness (QED) is 0.743. The van der Waals surface area contributed by atoms with Gasteiger partial charge in [0.25, 0.3) is 5.91 Å². The lowest BCUT2D eigenvalue weighted by Gasteiger charge is -2.30. The first kappa shape index (κ1) is 16.5. The van der Waals surface area contributed by atoms with Crippen molar-refractivity contribution < 1.29 is 14.0 Å². The van der Waals surface area contributed by atoms with Crippen LogP contribution in [0.2, 0.25) is 0 Å². The highest BCUT2D eigenvalue weighted by molar-refractivity contribution is 7.12. The second-order valence-electron chi connectivity index (χ2n) is 6.00. The first-order chi connectivity index (χ1) is 12.6. The topological polar surface area (TPSA) is 49.4 Å². The summed E-state index contributed by atoms with van der Waals surface area (Å²) in [5, 5.41) is 4.60. The Labute approximate surface area is 153 Å². The maximum absolute atomic E-state index is 14.0. The van der Waals surface area contributed by atoms with Gasteiger partial charge in [-0.3, -0.25) is 9.59 Å². The smallest absolute Gasteiger partial charge is 0.265 e. The first-order valence-electron chi connectivity index (χ1n) is 8.12. The summed E-state index contributed by atoms with van der Waals surface area (Å²) in [5.74, 6) is -0.966. The van der Waals surface area contributed by atoms with Gasteiger partial charge in [0.1, 0.15) is 12.4 Å². The van der Waals surface area contributed by atoms with E-state index in [1.807, 2.05) is 35.7 Å². The number of halogens is 1. The number of carbonyl (C=O) groups is 2. The van der Waals surface area contributed by atoms with E-state index < -0.39 is 11.9 Å². The molecule has 6 heteroatoms. The number of hydrogen-bond acceptors (Lipinski definition) is 3. The number of nitrogens with zero attached hydrogens (tertiary/aromatic N) is 1. The minimum absolute atomic E-state index is 0.105. The van der Waals surface area contributed by atoms with Crippen molar-refractivity contribution in [2.24, 2.45) is 0 Å². The number of benzene rings is 2. The Kier molecular flexibility index (Phi) is 4.26. The van der Waals surface area contributed by atoms with Crippen LogP contribution in [-0.2, 0) is 4.79 Å². The number of amides is 2. The highest BCUT2D eigenvalue weighted by atomic mass is 32.1. The standard InChI is InChI=1S/C20H15FN2O2S/c21-14-8-9-16-15(11-14)19(13-5-2-1-3-6-13)23(12-18(24)22-16)20(25)17-7-4-10-26-17/h1-11,19H,12H2,(H,22,24)/t19-/m0/s1. The third-order valence-electron chi connectivity index (χ3n) is 4.32. The van der Waals surface area contributed by atoms with Gasteiger partial charge in [-0.25, -0.2) is 4.39 Å². The maximum Gasteiger partial charge on any atom is 0.265 e. The molecule has 0 spiro atoms.